The summed E-state index contributed by atoms with van der Waals surface area (Å²) in [6.07, 6.45) is 0. The maximum absolute atomic E-state index is 14.3. The van der Waals surface area contributed by atoms with Crippen LogP contribution in [0, 0.1) is 6.92 Å². The predicted molar refractivity (Wildman–Crippen MR) is 82.7 cm³/mol. The smallest absolute Gasteiger partial charge is 0.289 e. The number of hydrogen-bond donors (Lipinski definition) is 2. The lowest BCUT2D eigenvalue weighted by Gasteiger charge is -2.39. The van der Waals surface area contributed by atoms with E-state index in [1.54, 1.807) is 30.0 Å². The van der Waals surface area contributed by atoms with Gasteiger partial charge in [-0.15, -0.1) is 12.4 Å². The normalized spacial score (nSPS) is 18.1. The Labute approximate surface area is 134 Å². The van der Waals surface area contributed by atoms with Crippen molar-refractivity contribution >= 4 is 24.0 Å². The highest BCUT2D eigenvalue weighted by Gasteiger charge is 2.45. The van der Waals surface area contributed by atoms with Crippen molar-refractivity contribution in [2.24, 2.45) is 0 Å². The summed E-state index contributed by atoms with van der Waals surface area (Å²) < 4.78 is 28.6. The molecule has 1 aliphatic rings. The van der Waals surface area contributed by atoms with Crippen LogP contribution < -0.4 is 5.32 Å². The van der Waals surface area contributed by atoms with Gasteiger partial charge in [0, 0.05) is 31.2 Å². The van der Waals surface area contributed by atoms with E-state index in [0.29, 0.717) is 42.3 Å². The molecule has 3 nitrogen and oxygen atoms in total. The number of rotatable bonds is 4. The minimum atomic E-state index is -3.23. The van der Waals surface area contributed by atoms with Crippen LogP contribution in [0.15, 0.2) is 18.2 Å². The fourth-order valence-corrected chi connectivity index (χ4v) is 3.00. The van der Waals surface area contributed by atoms with Gasteiger partial charge in [-0.1, -0.05) is 23.7 Å². The number of piperazine rings is 1. The van der Waals surface area contributed by atoms with E-state index in [4.69, 9.17) is 16.7 Å². The monoisotopic (exact) mass is 340 g/mol. The van der Waals surface area contributed by atoms with Crippen molar-refractivity contribution in [3.8, 4) is 0 Å². The number of aliphatic hydroxyl groups excluding tert-OH is 1. The number of alkyl halides is 2. The molecule has 7 heteroatoms. The first-order valence-corrected chi connectivity index (χ1v) is 7.03. The molecule has 1 aliphatic heterocycles. The Morgan fingerprint density at radius 1 is 1.38 bits per heavy atom. The molecule has 0 saturated carbocycles. The van der Waals surface area contributed by atoms with Crippen LogP contribution in [0.2, 0.25) is 5.02 Å². The number of nitrogens with one attached hydrogen (secondary N) is 1. The summed E-state index contributed by atoms with van der Waals surface area (Å²) in [5.41, 5.74) is 1.13. The first kappa shape index (κ1) is 18.6. The number of aliphatic hydroxyl groups is 1. The Balaban J connectivity index is 0.00000220. The van der Waals surface area contributed by atoms with Crippen LogP contribution in [0.3, 0.4) is 0 Å². The van der Waals surface area contributed by atoms with Gasteiger partial charge in [0.15, 0.2) is 0 Å². The van der Waals surface area contributed by atoms with Crippen LogP contribution in [0.25, 0.3) is 0 Å². The van der Waals surface area contributed by atoms with Gasteiger partial charge in [0.2, 0.25) is 0 Å². The van der Waals surface area contributed by atoms with Crippen LogP contribution in [-0.4, -0.2) is 48.7 Å². The molecule has 0 spiro atoms. The van der Waals surface area contributed by atoms with Gasteiger partial charge < -0.3 is 10.4 Å². The number of aryl methyl sites for hydroxylation is 1. The molecule has 0 amide bonds. The Morgan fingerprint density at radius 3 is 2.52 bits per heavy atom. The standard InChI is InChI=1S/C14H19ClF2N2O.ClH/c1-10-3-2-4-11(15)12(10)13(14(16,17)9-20)19-7-5-18-6-8-19;/h2-4,13,18,20H,5-9H2,1H3;1H/t13-;/m0./s1. The molecule has 1 aromatic rings. The van der Waals surface area contributed by atoms with Crippen molar-refractivity contribution in [2.45, 2.75) is 18.9 Å². The molecule has 2 N–H and O–H groups in total. The summed E-state index contributed by atoms with van der Waals surface area (Å²) in [6.45, 7) is 2.90. The zero-order chi connectivity index (χ0) is 14.8. The first-order chi connectivity index (χ1) is 9.47. The minimum absolute atomic E-state index is 0. The maximum atomic E-state index is 14.3. The minimum Gasteiger partial charge on any atom is -0.390 e. The van der Waals surface area contributed by atoms with Gasteiger partial charge in [-0.05, 0) is 24.1 Å². The fourth-order valence-electron chi connectivity index (χ4n) is 2.68. The van der Waals surface area contributed by atoms with Crippen LogP contribution >= 0.6 is 24.0 Å². The van der Waals surface area contributed by atoms with Crippen molar-refractivity contribution in [3.63, 3.8) is 0 Å². The van der Waals surface area contributed by atoms with Crippen molar-refractivity contribution in [2.75, 3.05) is 32.8 Å². The van der Waals surface area contributed by atoms with E-state index in [-0.39, 0.29) is 12.4 Å². The second-order valence-corrected chi connectivity index (χ2v) is 5.49. The first-order valence-electron chi connectivity index (χ1n) is 6.66. The van der Waals surface area contributed by atoms with Gasteiger partial charge in [-0.3, -0.25) is 4.90 Å². The molecular weight excluding hydrogens is 321 g/mol. The molecule has 1 aromatic carbocycles. The summed E-state index contributed by atoms with van der Waals surface area (Å²) in [4.78, 5) is 1.70. The van der Waals surface area contributed by atoms with E-state index in [2.05, 4.69) is 5.32 Å². The third-order valence-electron chi connectivity index (χ3n) is 3.67. The molecule has 0 aromatic heterocycles. The lowest BCUT2D eigenvalue weighted by molar-refractivity contribution is -0.118. The van der Waals surface area contributed by atoms with E-state index in [1.165, 1.54) is 0 Å². The van der Waals surface area contributed by atoms with E-state index in [1.807, 2.05) is 0 Å². The Hall–Kier alpha value is -0.460. The van der Waals surface area contributed by atoms with Crippen LogP contribution in [-0.2, 0) is 0 Å². The molecule has 0 radical (unpaired) electrons. The Bertz CT molecular complexity index is 448. The average molecular weight is 341 g/mol. The highest BCUT2D eigenvalue weighted by Crippen LogP contribution is 2.40. The van der Waals surface area contributed by atoms with Crippen LogP contribution in [0.1, 0.15) is 17.2 Å². The molecule has 0 unspecified atom stereocenters. The van der Waals surface area contributed by atoms with Crippen molar-refractivity contribution < 1.29 is 13.9 Å². The number of hydrogen-bond acceptors (Lipinski definition) is 3. The van der Waals surface area contributed by atoms with Crippen LogP contribution in [0.5, 0.6) is 0 Å². The average Bonchev–Trinajstić information content (AvgIpc) is 2.43. The summed E-state index contributed by atoms with van der Waals surface area (Å²) in [7, 11) is 0. The molecule has 1 saturated heterocycles. The topological polar surface area (TPSA) is 35.5 Å². The van der Waals surface area contributed by atoms with Gasteiger partial charge in [0.1, 0.15) is 12.6 Å². The van der Waals surface area contributed by atoms with Crippen molar-refractivity contribution in [3.05, 3.63) is 34.3 Å². The second-order valence-electron chi connectivity index (χ2n) is 5.08. The lowest BCUT2D eigenvalue weighted by Crippen LogP contribution is -2.51. The maximum Gasteiger partial charge on any atom is 0.289 e. The molecular formula is C14H20Cl2F2N2O. The quantitative estimate of drug-likeness (QED) is 0.884. The molecule has 0 bridgehead atoms. The molecule has 0 aliphatic carbocycles. The summed E-state index contributed by atoms with van der Waals surface area (Å²) in [5.74, 6) is -3.23. The SMILES string of the molecule is Cc1cccc(Cl)c1[C@H](N1CCNCC1)C(F)(F)CO.Cl. The lowest BCUT2D eigenvalue weighted by atomic mass is 9.94. The van der Waals surface area contributed by atoms with Gasteiger partial charge in [-0.25, -0.2) is 8.78 Å². The third-order valence-corrected chi connectivity index (χ3v) is 4.00. The van der Waals surface area contributed by atoms with Gasteiger partial charge >= 0.3 is 0 Å². The van der Waals surface area contributed by atoms with Crippen molar-refractivity contribution in [1.29, 1.82) is 0 Å². The van der Waals surface area contributed by atoms with Gasteiger partial charge in [0.25, 0.3) is 5.92 Å². The van der Waals surface area contributed by atoms with Crippen LogP contribution in [0.4, 0.5) is 8.78 Å². The van der Waals surface area contributed by atoms with E-state index in [9.17, 15) is 8.78 Å². The Morgan fingerprint density at radius 2 is 2.00 bits per heavy atom. The Kier molecular flexibility index (Phi) is 6.81. The molecule has 1 atom stereocenters. The van der Waals surface area contributed by atoms with E-state index in [0.717, 1.165) is 0 Å². The molecule has 2 rings (SSSR count). The van der Waals surface area contributed by atoms with Crippen molar-refractivity contribution in [1.82, 2.24) is 10.2 Å². The number of benzene rings is 1. The van der Waals surface area contributed by atoms with E-state index < -0.39 is 18.6 Å². The fraction of sp³-hybridized carbons (Fsp3) is 0.571. The molecule has 1 heterocycles. The summed E-state index contributed by atoms with van der Waals surface area (Å²) in [5, 5.41) is 12.6. The highest BCUT2D eigenvalue weighted by molar-refractivity contribution is 6.31. The van der Waals surface area contributed by atoms with Gasteiger partial charge in [0.05, 0.1) is 0 Å². The molecule has 21 heavy (non-hydrogen) atoms. The summed E-state index contributed by atoms with van der Waals surface area (Å²) >= 11 is 6.15. The predicted octanol–water partition coefficient (Wildman–Crippen LogP) is 2.64. The second kappa shape index (κ2) is 7.70. The highest BCUT2D eigenvalue weighted by atomic mass is 35.5. The van der Waals surface area contributed by atoms with Gasteiger partial charge in [-0.2, -0.15) is 0 Å². The summed E-state index contributed by atoms with van der Waals surface area (Å²) in [6, 6.07) is 3.94. The molecule has 1 fully saturated rings. The molecule has 120 valence electrons. The van der Waals surface area contributed by atoms with E-state index >= 15 is 0 Å². The third kappa shape index (κ3) is 4.05. The zero-order valence-electron chi connectivity index (χ0n) is 11.8. The largest absolute Gasteiger partial charge is 0.390 e. The zero-order valence-corrected chi connectivity index (χ0v) is 13.4. The number of halogens is 4. The number of nitrogens with zero attached hydrogens (tertiary/aromatic N) is 1.